The zero-order chi connectivity index (χ0) is 37.7. The molecule has 0 aromatic carbocycles. The molecule has 13 nitrogen and oxygen atoms in total. The lowest BCUT2D eigenvalue weighted by atomic mass is 9.75. The number of hydrogen-bond acceptors (Lipinski definition) is 13. The molecule has 4 fully saturated rings. The molecule has 4 aliphatic rings. The second-order valence-electron chi connectivity index (χ2n) is 16.5. The Labute approximate surface area is 298 Å². The number of rotatable bonds is 7. The lowest BCUT2D eigenvalue weighted by molar-refractivity contribution is -0.318. The van der Waals surface area contributed by atoms with E-state index in [0.717, 1.165) is 0 Å². The van der Waals surface area contributed by atoms with Crippen molar-refractivity contribution >= 4 is 11.8 Å². The van der Waals surface area contributed by atoms with Crippen molar-refractivity contribution in [2.75, 3.05) is 21.2 Å². The highest BCUT2D eigenvalue weighted by Gasteiger charge is 2.58. The van der Waals surface area contributed by atoms with Crippen LogP contribution in [0.2, 0.25) is 0 Å². The van der Waals surface area contributed by atoms with Crippen molar-refractivity contribution in [3.05, 3.63) is 0 Å². The zero-order valence-electron chi connectivity index (χ0n) is 32.5. The standard InChI is InChI=1S/C37H65NO12/c1-14-25-37(10)30(40)20(4)28(50-37)18(2)16-35(8,43)32(49-34-27(39)24(38(11)12)15-19(3)45-34)21(5)29(22(6)33(42)47-25)48-26-17-36(9,44-13)31(41)23(7)46-26/h18-29,31-32,34,39,41,43H,14-17H2,1-13H3/t18-,19-,20+,21+,22-,23+,24+,25-,26+,27-,28+,29+,31+,32-,34+,35?,36-,37-/m1/s1. The molecule has 3 N–H and O–H groups in total. The molecular formula is C37H65NO12. The van der Waals surface area contributed by atoms with Crippen LogP contribution in [0.4, 0.5) is 0 Å². The summed E-state index contributed by atoms with van der Waals surface area (Å²) >= 11 is 0. The average molecular weight is 716 g/mol. The molecule has 0 aromatic rings. The molecule has 1 unspecified atom stereocenters. The lowest BCUT2D eigenvalue weighted by Gasteiger charge is -2.48. The van der Waals surface area contributed by atoms with E-state index < -0.39 is 95.8 Å². The SMILES string of the molecule is CC[C@H]1OC(=O)[C@H](C)[C@@H](O[C@H]2C[C@@](C)(OC)[C@@H](O)[C@H](C)O2)[C@H](C)[C@@H](O[C@@H]2O[C@H](C)C[C@H](N(C)C)[C@H]2O)C(C)(O)C[C@@H](C)[C@@H]2O[C@@]1(C)C(=O)[C@H]2C. The van der Waals surface area contributed by atoms with E-state index >= 15 is 0 Å². The average Bonchev–Trinajstić information content (AvgIpc) is 3.28. The molecule has 18 atom stereocenters. The first-order chi connectivity index (χ1) is 23.1. The second kappa shape index (κ2) is 15.6. The highest BCUT2D eigenvalue weighted by atomic mass is 16.7. The Bertz CT molecular complexity index is 1190. The Hall–Kier alpha value is -1.26. The molecule has 4 heterocycles. The van der Waals surface area contributed by atoms with Crippen LogP contribution in [0.25, 0.3) is 0 Å². The number of carbonyl (C=O) groups excluding carboxylic acids is 2. The fraction of sp³-hybridized carbons (Fsp3) is 0.946. The van der Waals surface area contributed by atoms with E-state index in [-0.39, 0.29) is 36.7 Å². The fourth-order valence-electron chi connectivity index (χ4n) is 9.01. The molecule has 2 bridgehead atoms. The van der Waals surface area contributed by atoms with E-state index in [1.807, 2.05) is 53.6 Å². The second-order valence-corrected chi connectivity index (χ2v) is 16.5. The molecule has 4 saturated heterocycles. The van der Waals surface area contributed by atoms with Crippen molar-refractivity contribution in [2.45, 2.75) is 179 Å². The number of esters is 1. The van der Waals surface area contributed by atoms with Gasteiger partial charge < -0.3 is 53.4 Å². The van der Waals surface area contributed by atoms with E-state index in [1.54, 1.807) is 34.6 Å². The summed E-state index contributed by atoms with van der Waals surface area (Å²) in [5.41, 5.74) is -3.97. The Balaban J connectivity index is 1.82. The summed E-state index contributed by atoms with van der Waals surface area (Å²) in [6.45, 7) is 17.9. The number of Topliss-reactive ketones (excluding diaryl/α,β-unsaturated/α-hetero) is 1. The number of aliphatic hydroxyl groups excluding tert-OH is 2. The number of cyclic esters (lactones) is 1. The van der Waals surface area contributed by atoms with Crippen molar-refractivity contribution in [1.82, 2.24) is 4.90 Å². The Morgan fingerprint density at radius 2 is 1.58 bits per heavy atom. The van der Waals surface area contributed by atoms with Crippen molar-refractivity contribution in [3.8, 4) is 0 Å². The number of aliphatic hydroxyl groups is 3. The molecule has 0 aliphatic carbocycles. The number of ketones is 1. The van der Waals surface area contributed by atoms with Gasteiger partial charge in [-0.05, 0) is 80.8 Å². The highest BCUT2D eigenvalue weighted by molar-refractivity contribution is 5.92. The molecule has 0 aromatic heterocycles. The molecule has 0 amide bonds. The van der Waals surface area contributed by atoms with Gasteiger partial charge in [0.2, 0.25) is 0 Å². The van der Waals surface area contributed by atoms with Gasteiger partial charge in [-0.15, -0.1) is 0 Å². The summed E-state index contributed by atoms with van der Waals surface area (Å²) in [6.07, 6.45) is -7.07. The summed E-state index contributed by atoms with van der Waals surface area (Å²) in [5.74, 6) is -3.25. The van der Waals surface area contributed by atoms with Crippen molar-refractivity contribution in [2.24, 2.45) is 23.7 Å². The van der Waals surface area contributed by atoms with Gasteiger partial charge in [-0.1, -0.05) is 27.7 Å². The van der Waals surface area contributed by atoms with E-state index in [4.69, 9.17) is 33.2 Å². The maximum absolute atomic E-state index is 14.2. The molecular weight excluding hydrogens is 650 g/mol. The normalized spacial score (nSPS) is 51.1. The van der Waals surface area contributed by atoms with Crippen LogP contribution in [-0.4, -0.2) is 137 Å². The minimum absolute atomic E-state index is 0.156. The molecule has 4 aliphatic heterocycles. The minimum Gasteiger partial charge on any atom is -0.459 e. The predicted molar refractivity (Wildman–Crippen MR) is 183 cm³/mol. The maximum atomic E-state index is 14.2. The van der Waals surface area contributed by atoms with E-state index in [1.165, 1.54) is 7.11 Å². The van der Waals surface area contributed by atoms with Gasteiger partial charge in [-0.2, -0.15) is 0 Å². The number of carbonyl (C=O) groups is 2. The third-order valence-corrected chi connectivity index (χ3v) is 12.1. The number of methoxy groups -OCH3 is 1. The zero-order valence-corrected chi connectivity index (χ0v) is 32.5. The van der Waals surface area contributed by atoms with Crippen LogP contribution in [-0.2, 0) is 42.7 Å². The van der Waals surface area contributed by atoms with Crippen LogP contribution < -0.4 is 0 Å². The molecule has 4 rings (SSSR count). The Morgan fingerprint density at radius 3 is 2.16 bits per heavy atom. The Morgan fingerprint density at radius 1 is 0.940 bits per heavy atom. The fourth-order valence-corrected chi connectivity index (χ4v) is 9.01. The van der Waals surface area contributed by atoms with Crippen molar-refractivity contribution < 1.29 is 58.1 Å². The topological polar surface area (TPSA) is 163 Å². The summed E-state index contributed by atoms with van der Waals surface area (Å²) in [7, 11) is 5.29. The quantitative estimate of drug-likeness (QED) is 0.330. The van der Waals surface area contributed by atoms with Gasteiger partial charge in [0.25, 0.3) is 0 Å². The number of fused-ring (bicyclic) bond motifs is 2. The summed E-state index contributed by atoms with van der Waals surface area (Å²) in [6, 6.07) is -0.267. The van der Waals surface area contributed by atoms with Crippen LogP contribution in [0.5, 0.6) is 0 Å². The van der Waals surface area contributed by atoms with Gasteiger partial charge in [0.1, 0.15) is 18.3 Å². The van der Waals surface area contributed by atoms with Crippen LogP contribution in [0.3, 0.4) is 0 Å². The molecule has 13 heteroatoms. The summed E-state index contributed by atoms with van der Waals surface area (Å²) in [4.78, 5) is 29.9. The number of likely N-dealkylation sites (N-methyl/N-ethyl adjacent to an activating group) is 1. The van der Waals surface area contributed by atoms with E-state index in [9.17, 15) is 24.9 Å². The van der Waals surface area contributed by atoms with Crippen LogP contribution >= 0.6 is 0 Å². The molecule has 0 spiro atoms. The third-order valence-electron chi connectivity index (χ3n) is 12.1. The van der Waals surface area contributed by atoms with Gasteiger partial charge >= 0.3 is 5.97 Å². The Kier molecular flexibility index (Phi) is 13.0. The highest BCUT2D eigenvalue weighted by Crippen LogP contribution is 2.45. The van der Waals surface area contributed by atoms with Crippen LogP contribution in [0.15, 0.2) is 0 Å². The van der Waals surface area contributed by atoms with Gasteiger partial charge in [-0.25, -0.2) is 0 Å². The summed E-state index contributed by atoms with van der Waals surface area (Å²) in [5, 5.41) is 34.9. The van der Waals surface area contributed by atoms with Crippen molar-refractivity contribution in [1.29, 1.82) is 0 Å². The first-order valence-corrected chi connectivity index (χ1v) is 18.5. The van der Waals surface area contributed by atoms with Gasteiger partial charge in [0.05, 0.1) is 47.6 Å². The van der Waals surface area contributed by atoms with Crippen molar-refractivity contribution in [3.63, 3.8) is 0 Å². The van der Waals surface area contributed by atoms with E-state index in [0.29, 0.717) is 12.8 Å². The smallest absolute Gasteiger partial charge is 0.311 e. The van der Waals surface area contributed by atoms with E-state index in [2.05, 4.69) is 0 Å². The first kappa shape index (κ1) is 41.5. The third kappa shape index (κ3) is 7.97. The molecule has 0 radical (unpaired) electrons. The number of nitrogens with zero attached hydrogens (tertiary/aromatic N) is 1. The predicted octanol–water partition coefficient (Wildman–Crippen LogP) is 2.83. The molecule has 290 valence electrons. The van der Waals surface area contributed by atoms with Gasteiger partial charge in [0, 0.05) is 31.4 Å². The molecule has 50 heavy (non-hydrogen) atoms. The number of ether oxygens (including phenoxy) is 7. The largest absolute Gasteiger partial charge is 0.459 e. The van der Waals surface area contributed by atoms with Gasteiger partial charge in [0.15, 0.2) is 24.0 Å². The van der Waals surface area contributed by atoms with Crippen LogP contribution in [0, 0.1) is 23.7 Å². The minimum atomic E-state index is -1.59. The first-order valence-electron chi connectivity index (χ1n) is 18.5. The monoisotopic (exact) mass is 715 g/mol. The number of hydrogen-bond donors (Lipinski definition) is 3. The molecule has 0 saturated carbocycles. The van der Waals surface area contributed by atoms with Gasteiger partial charge in [-0.3, -0.25) is 9.59 Å². The lowest BCUT2D eigenvalue weighted by Crippen LogP contribution is -2.60. The summed E-state index contributed by atoms with van der Waals surface area (Å²) < 4.78 is 44.1. The van der Waals surface area contributed by atoms with Crippen LogP contribution in [0.1, 0.15) is 94.9 Å². The maximum Gasteiger partial charge on any atom is 0.311 e.